The lowest BCUT2D eigenvalue weighted by atomic mass is 9.97. The molecule has 1 N–H and O–H groups in total. The molecule has 0 amide bonds. The number of nitrogens with zero attached hydrogens (tertiary/aromatic N) is 2. The molecule has 0 saturated carbocycles. The van der Waals surface area contributed by atoms with Gasteiger partial charge >= 0.3 is 0 Å². The molecule has 0 fully saturated rings. The number of hydrogen-bond donors (Lipinski definition) is 1. The van der Waals surface area contributed by atoms with E-state index in [1.807, 2.05) is 6.20 Å². The van der Waals surface area contributed by atoms with Crippen molar-refractivity contribution in [2.75, 3.05) is 6.54 Å². The second-order valence-electron chi connectivity index (χ2n) is 4.92. The number of rotatable bonds is 6. The zero-order valence-corrected chi connectivity index (χ0v) is 12.0. The van der Waals surface area contributed by atoms with E-state index in [0.717, 1.165) is 13.0 Å². The van der Waals surface area contributed by atoms with Gasteiger partial charge in [-0.15, -0.1) is 0 Å². The van der Waals surface area contributed by atoms with Crippen LogP contribution in [0.2, 0.25) is 0 Å². The minimum atomic E-state index is 0.301. The van der Waals surface area contributed by atoms with E-state index in [1.54, 1.807) is 0 Å². The summed E-state index contributed by atoms with van der Waals surface area (Å²) in [5.74, 6) is 0. The molecule has 0 bridgehead atoms. The molecule has 0 spiro atoms. The van der Waals surface area contributed by atoms with E-state index < -0.39 is 0 Å². The van der Waals surface area contributed by atoms with Crippen molar-refractivity contribution in [1.82, 2.24) is 15.1 Å². The SMILES string of the molecule is CCNC(c1ccccc1)C(CC)n1cc(C)cn1. The molecule has 2 unspecified atom stereocenters. The summed E-state index contributed by atoms with van der Waals surface area (Å²) in [4.78, 5) is 0. The van der Waals surface area contributed by atoms with Crippen LogP contribution in [0.25, 0.3) is 0 Å². The molecule has 102 valence electrons. The van der Waals surface area contributed by atoms with Crippen LogP contribution in [0.3, 0.4) is 0 Å². The van der Waals surface area contributed by atoms with Crippen LogP contribution in [0, 0.1) is 6.92 Å². The standard InChI is InChI=1S/C16H23N3/c1-4-15(19-12-13(3)11-18-19)16(17-5-2)14-9-7-6-8-10-14/h6-12,15-17H,4-5H2,1-3H3. The van der Waals surface area contributed by atoms with Gasteiger partial charge in [-0.05, 0) is 31.0 Å². The predicted octanol–water partition coefficient (Wildman–Crippen LogP) is 3.49. The Morgan fingerprint density at radius 1 is 1.21 bits per heavy atom. The van der Waals surface area contributed by atoms with E-state index >= 15 is 0 Å². The quantitative estimate of drug-likeness (QED) is 0.858. The van der Waals surface area contributed by atoms with E-state index in [-0.39, 0.29) is 0 Å². The van der Waals surface area contributed by atoms with Gasteiger partial charge in [0.25, 0.3) is 0 Å². The lowest BCUT2D eigenvalue weighted by Gasteiger charge is -2.28. The Morgan fingerprint density at radius 2 is 1.95 bits per heavy atom. The largest absolute Gasteiger partial charge is 0.308 e. The normalized spacial score (nSPS) is 14.3. The molecule has 2 rings (SSSR count). The Balaban J connectivity index is 2.31. The summed E-state index contributed by atoms with van der Waals surface area (Å²) in [6.07, 6.45) is 5.10. The molecule has 0 aliphatic heterocycles. The molecule has 3 nitrogen and oxygen atoms in total. The summed E-state index contributed by atoms with van der Waals surface area (Å²) in [6.45, 7) is 7.41. The highest BCUT2D eigenvalue weighted by atomic mass is 15.3. The topological polar surface area (TPSA) is 29.9 Å². The van der Waals surface area contributed by atoms with Crippen LogP contribution in [0.4, 0.5) is 0 Å². The van der Waals surface area contributed by atoms with Crippen LogP contribution >= 0.6 is 0 Å². The fraction of sp³-hybridized carbons (Fsp3) is 0.438. The van der Waals surface area contributed by atoms with Crippen LogP contribution in [0.5, 0.6) is 0 Å². The van der Waals surface area contributed by atoms with E-state index in [9.17, 15) is 0 Å². The van der Waals surface area contributed by atoms with Gasteiger partial charge in [0.05, 0.1) is 18.3 Å². The fourth-order valence-corrected chi connectivity index (χ4v) is 2.55. The number of aryl methyl sites for hydroxylation is 1. The van der Waals surface area contributed by atoms with Crippen LogP contribution in [0.15, 0.2) is 42.7 Å². The molecule has 1 heterocycles. The number of hydrogen-bond acceptors (Lipinski definition) is 2. The summed E-state index contributed by atoms with van der Waals surface area (Å²) in [6, 6.07) is 11.3. The summed E-state index contributed by atoms with van der Waals surface area (Å²) in [7, 11) is 0. The lowest BCUT2D eigenvalue weighted by molar-refractivity contribution is 0.326. The maximum Gasteiger partial charge on any atom is 0.0711 e. The molecule has 1 aromatic carbocycles. The van der Waals surface area contributed by atoms with Crippen molar-refractivity contribution >= 4 is 0 Å². The van der Waals surface area contributed by atoms with Crippen LogP contribution in [0.1, 0.15) is 43.5 Å². The maximum atomic E-state index is 4.49. The summed E-state index contributed by atoms with van der Waals surface area (Å²) in [5.41, 5.74) is 2.53. The van der Waals surface area contributed by atoms with Gasteiger partial charge in [0.2, 0.25) is 0 Å². The molecule has 0 aliphatic carbocycles. The average Bonchev–Trinajstić information content (AvgIpc) is 2.86. The molecule has 2 atom stereocenters. The first-order valence-corrected chi connectivity index (χ1v) is 7.05. The number of aromatic nitrogens is 2. The van der Waals surface area contributed by atoms with Crippen LogP contribution in [-0.4, -0.2) is 16.3 Å². The minimum absolute atomic E-state index is 0.301. The number of likely N-dealkylation sites (N-methyl/N-ethyl adjacent to an activating group) is 1. The highest BCUT2D eigenvalue weighted by molar-refractivity contribution is 5.20. The first kappa shape index (κ1) is 13.8. The van der Waals surface area contributed by atoms with E-state index in [0.29, 0.717) is 12.1 Å². The van der Waals surface area contributed by atoms with Gasteiger partial charge in [0, 0.05) is 6.20 Å². The Morgan fingerprint density at radius 3 is 2.47 bits per heavy atom. The molecule has 0 aliphatic rings. The highest BCUT2D eigenvalue weighted by Gasteiger charge is 2.22. The van der Waals surface area contributed by atoms with Gasteiger partial charge in [-0.2, -0.15) is 5.10 Å². The summed E-state index contributed by atoms with van der Waals surface area (Å²) >= 11 is 0. The van der Waals surface area contributed by atoms with Gasteiger partial charge in [0.1, 0.15) is 0 Å². The van der Waals surface area contributed by atoms with Crippen molar-refractivity contribution in [2.45, 2.75) is 39.3 Å². The third-order valence-corrected chi connectivity index (χ3v) is 3.46. The first-order chi connectivity index (χ1) is 9.26. The highest BCUT2D eigenvalue weighted by Crippen LogP contribution is 2.28. The second kappa shape index (κ2) is 6.53. The lowest BCUT2D eigenvalue weighted by Crippen LogP contribution is -2.30. The number of nitrogens with one attached hydrogen (secondary N) is 1. The van der Waals surface area contributed by atoms with E-state index in [2.05, 4.69) is 72.4 Å². The summed E-state index contributed by atoms with van der Waals surface area (Å²) < 4.78 is 2.09. The molecular formula is C16H23N3. The first-order valence-electron chi connectivity index (χ1n) is 7.05. The van der Waals surface area contributed by atoms with Crippen molar-refractivity contribution in [3.8, 4) is 0 Å². The van der Waals surface area contributed by atoms with Crippen molar-refractivity contribution in [1.29, 1.82) is 0 Å². The fourth-order valence-electron chi connectivity index (χ4n) is 2.55. The van der Waals surface area contributed by atoms with Gasteiger partial charge in [0.15, 0.2) is 0 Å². The Labute approximate surface area is 115 Å². The van der Waals surface area contributed by atoms with Gasteiger partial charge in [-0.3, -0.25) is 4.68 Å². The van der Waals surface area contributed by atoms with Gasteiger partial charge < -0.3 is 5.32 Å². The Kier molecular flexibility index (Phi) is 4.74. The second-order valence-corrected chi connectivity index (χ2v) is 4.92. The third-order valence-electron chi connectivity index (χ3n) is 3.46. The average molecular weight is 257 g/mol. The molecule has 2 aromatic rings. The predicted molar refractivity (Wildman–Crippen MR) is 79.2 cm³/mol. The van der Waals surface area contributed by atoms with Crippen LogP contribution in [-0.2, 0) is 0 Å². The third kappa shape index (κ3) is 3.24. The van der Waals surface area contributed by atoms with Crippen LogP contribution < -0.4 is 5.32 Å². The molecule has 1 aromatic heterocycles. The zero-order valence-electron chi connectivity index (χ0n) is 12.0. The van der Waals surface area contributed by atoms with Crippen molar-refractivity contribution in [2.24, 2.45) is 0 Å². The monoisotopic (exact) mass is 257 g/mol. The van der Waals surface area contributed by atoms with Gasteiger partial charge in [-0.1, -0.05) is 44.2 Å². The molecule has 19 heavy (non-hydrogen) atoms. The zero-order chi connectivity index (χ0) is 13.7. The van der Waals surface area contributed by atoms with Crippen molar-refractivity contribution in [3.63, 3.8) is 0 Å². The van der Waals surface area contributed by atoms with Crippen molar-refractivity contribution < 1.29 is 0 Å². The minimum Gasteiger partial charge on any atom is -0.308 e. The molecule has 0 saturated heterocycles. The number of benzene rings is 1. The maximum absolute atomic E-state index is 4.49. The Bertz CT molecular complexity index is 490. The smallest absolute Gasteiger partial charge is 0.0711 e. The van der Waals surface area contributed by atoms with E-state index in [4.69, 9.17) is 0 Å². The summed E-state index contributed by atoms with van der Waals surface area (Å²) in [5, 5.41) is 8.09. The van der Waals surface area contributed by atoms with E-state index in [1.165, 1.54) is 11.1 Å². The van der Waals surface area contributed by atoms with Crippen molar-refractivity contribution in [3.05, 3.63) is 53.9 Å². The molecular weight excluding hydrogens is 234 g/mol. The molecule has 0 radical (unpaired) electrons. The Hall–Kier alpha value is -1.61. The van der Waals surface area contributed by atoms with Gasteiger partial charge in [-0.25, -0.2) is 0 Å². The molecule has 3 heteroatoms.